The lowest BCUT2D eigenvalue weighted by Crippen LogP contribution is -2.28. The summed E-state index contributed by atoms with van der Waals surface area (Å²) in [6.07, 6.45) is 3.65. The molecule has 1 aromatic carbocycles. The minimum atomic E-state index is -0.119. The maximum absolute atomic E-state index is 9.47. The molecule has 3 nitrogen and oxygen atoms in total. The normalized spacial score (nSPS) is 23.7. The van der Waals surface area contributed by atoms with Crippen molar-refractivity contribution in [2.75, 3.05) is 11.9 Å². The van der Waals surface area contributed by atoms with Crippen LogP contribution in [-0.2, 0) is 0 Å². The van der Waals surface area contributed by atoms with Gasteiger partial charge in [0, 0.05) is 11.7 Å². The summed E-state index contributed by atoms with van der Waals surface area (Å²) in [5.41, 5.74) is 1.02. The monoisotopic (exact) mass is 269 g/mol. The summed E-state index contributed by atoms with van der Waals surface area (Å²) < 4.78 is 5.40. The lowest BCUT2D eigenvalue weighted by molar-refractivity contribution is 0.126. The van der Waals surface area contributed by atoms with E-state index in [-0.39, 0.29) is 6.10 Å². The van der Waals surface area contributed by atoms with Crippen molar-refractivity contribution in [1.29, 1.82) is 0 Å². The van der Waals surface area contributed by atoms with Gasteiger partial charge >= 0.3 is 0 Å². The van der Waals surface area contributed by atoms with Gasteiger partial charge in [-0.2, -0.15) is 0 Å². The van der Waals surface area contributed by atoms with Crippen molar-refractivity contribution in [2.24, 2.45) is 0 Å². The van der Waals surface area contributed by atoms with Gasteiger partial charge in [0.2, 0.25) is 0 Å². The van der Waals surface area contributed by atoms with Gasteiger partial charge in [-0.15, -0.1) is 0 Å². The van der Waals surface area contributed by atoms with E-state index in [4.69, 9.17) is 16.3 Å². The fraction of sp³-hybridized carbons (Fsp3) is 0.571. The molecular weight excluding hydrogens is 250 g/mol. The molecule has 0 radical (unpaired) electrons. The predicted octanol–water partition coefficient (Wildman–Crippen LogP) is 3.45. The highest BCUT2D eigenvalue weighted by atomic mass is 35.5. The van der Waals surface area contributed by atoms with Gasteiger partial charge in [0.05, 0.1) is 17.7 Å². The molecule has 0 bridgehead atoms. The third-order valence-corrected chi connectivity index (χ3v) is 3.59. The van der Waals surface area contributed by atoms with Gasteiger partial charge in [0.25, 0.3) is 0 Å². The molecule has 2 N–H and O–H groups in total. The number of hydrogen-bond donors (Lipinski definition) is 2. The Hall–Kier alpha value is -0.930. The number of nitrogens with one attached hydrogen (secondary N) is 1. The van der Waals surface area contributed by atoms with E-state index in [1.165, 1.54) is 0 Å². The summed E-state index contributed by atoms with van der Waals surface area (Å²) in [5.74, 6) is 0.726. The predicted molar refractivity (Wildman–Crippen MR) is 74.5 cm³/mol. The maximum atomic E-state index is 9.47. The van der Waals surface area contributed by atoms with Gasteiger partial charge < -0.3 is 15.2 Å². The molecule has 4 heteroatoms. The number of halogens is 1. The minimum Gasteiger partial charge on any atom is -0.492 e. The first kappa shape index (κ1) is 13.5. The van der Waals surface area contributed by atoms with E-state index in [0.29, 0.717) is 17.7 Å². The first-order valence-electron chi connectivity index (χ1n) is 6.56. The Bertz CT molecular complexity index is 389. The Morgan fingerprint density at radius 2 is 2.06 bits per heavy atom. The molecule has 1 aliphatic rings. The molecule has 2 rings (SSSR count). The Labute approximate surface area is 113 Å². The Balaban J connectivity index is 1.95. The zero-order valence-corrected chi connectivity index (χ0v) is 11.4. The molecule has 0 unspecified atom stereocenters. The highest BCUT2D eigenvalue weighted by molar-refractivity contribution is 6.32. The molecule has 1 fully saturated rings. The summed E-state index contributed by atoms with van der Waals surface area (Å²) in [4.78, 5) is 0. The quantitative estimate of drug-likeness (QED) is 0.880. The van der Waals surface area contributed by atoms with Crippen LogP contribution in [0.3, 0.4) is 0 Å². The van der Waals surface area contributed by atoms with Crippen molar-refractivity contribution in [1.82, 2.24) is 0 Å². The van der Waals surface area contributed by atoms with Gasteiger partial charge in [-0.25, -0.2) is 0 Å². The molecule has 0 aliphatic heterocycles. The van der Waals surface area contributed by atoms with Gasteiger partial charge in [-0.05, 0) is 50.8 Å². The topological polar surface area (TPSA) is 41.5 Å². The molecule has 0 amide bonds. The van der Waals surface area contributed by atoms with E-state index in [1.807, 2.05) is 25.1 Å². The lowest BCUT2D eigenvalue weighted by atomic mass is 9.93. The number of ether oxygens (including phenoxy) is 1. The fourth-order valence-electron chi connectivity index (χ4n) is 2.32. The molecule has 0 heterocycles. The number of hydrogen-bond acceptors (Lipinski definition) is 3. The second-order valence-electron chi connectivity index (χ2n) is 4.73. The molecule has 0 spiro atoms. The minimum absolute atomic E-state index is 0.119. The van der Waals surface area contributed by atoms with Gasteiger partial charge in [0.1, 0.15) is 5.75 Å². The molecular formula is C14H20ClNO2. The van der Waals surface area contributed by atoms with Gasteiger partial charge in [-0.3, -0.25) is 0 Å². The summed E-state index contributed by atoms with van der Waals surface area (Å²) in [5, 5.41) is 13.6. The first-order chi connectivity index (χ1) is 8.69. The first-order valence-corrected chi connectivity index (χ1v) is 6.93. The zero-order chi connectivity index (χ0) is 13.0. The SMILES string of the molecule is CCOc1ccc(NC2CCC(O)CC2)cc1Cl. The third kappa shape index (κ3) is 3.53. The van der Waals surface area contributed by atoms with Crippen molar-refractivity contribution in [3.63, 3.8) is 0 Å². The van der Waals surface area contributed by atoms with Gasteiger partial charge in [-0.1, -0.05) is 11.6 Å². The average Bonchev–Trinajstić information content (AvgIpc) is 2.36. The summed E-state index contributed by atoms with van der Waals surface area (Å²) >= 11 is 6.14. The third-order valence-electron chi connectivity index (χ3n) is 3.30. The van der Waals surface area contributed by atoms with Gasteiger partial charge in [0.15, 0.2) is 0 Å². The summed E-state index contributed by atoms with van der Waals surface area (Å²) in [6.45, 7) is 2.56. The lowest BCUT2D eigenvalue weighted by Gasteiger charge is -2.27. The average molecular weight is 270 g/mol. The second kappa shape index (κ2) is 6.30. The highest BCUT2D eigenvalue weighted by Gasteiger charge is 2.19. The van der Waals surface area contributed by atoms with Crippen molar-refractivity contribution >= 4 is 17.3 Å². The molecule has 1 saturated carbocycles. The molecule has 0 atom stereocenters. The molecule has 0 aromatic heterocycles. The van der Waals surface area contributed by atoms with Crippen LogP contribution < -0.4 is 10.1 Å². The molecule has 18 heavy (non-hydrogen) atoms. The van der Waals surface area contributed by atoms with Crippen molar-refractivity contribution in [3.05, 3.63) is 23.2 Å². The van der Waals surface area contributed by atoms with Crippen molar-refractivity contribution < 1.29 is 9.84 Å². The number of anilines is 1. The van der Waals surface area contributed by atoms with Crippen LogP contribution in [0.4, 0.5) is 5.69 Å². The van der Waals surface area contributed by atoms with Crippen LogP contribution >= 0.6 is 11.6 Å². The molecule has 0 saturated heterocycles. The van der Waals surface area contributed by atoms with E-state index in [9.17, 15) is 5.11 Å². The molecule has 1 aliphatic carbocycles. The van der Waals surface area contributed by atoms with Crippen LogP contribution in [0.15, 0.2) is 18.2 Å². The van der Waals surface area contributed by atoms with Crippen LogP contribution in [0.25, 0.3) is 0 Å². The number of aliphatic hydroxyl groups excluding tert-OH is 1. The smallest absolute Gasteiger partial charge is 0.138 e. The van der Waals surface area contributed by atoms with E-state index in [0.717, 1.165) is 37.1 Å². The maximum Gasteiger partial charge on any atom is 0.138 e. The van der Waals surface area contributed by atoms with Crippen LogP contribution in [-0.4, -0.2) is 23.9 Å². The number of aliphatic hydroxyl groups is 1. The summed E-state index contributed by atoms with van der Waals surface area (Å²) in [7, 11) is 0. The standard InChI is InChI=1S/C14H20ClNO2/c1-2-18-14-8-5-11(9-13(14)15)16-10-3-6-12(17)7-4-10/h5,8-10,12,16-17H,2-4,6-7H2,1H3. The van der Waals surface area contributed by atoms with Crippen LogP contribution in [0, 0.1) is 0 Å². The largest absolute Gasteiger partial charge is 0.492 e. The van der Waals surface area contributed by atoms with E-state index >= 15 is 0 Å². The molecule has 100 valence electrons. The van der Waals surface area contributed by atoms with Crippen LogP contribution in [0.5, 0.6) is 5.75 Å². The van der Waals surface area contributed by atoms with Crippen LogP contribution in [0.2, 0.25) is 5.02 Å². The second-order valence-corrected chi connectivity index (χ2v) is 5.14. The molecule has 1 aromatic rings. The van der Waals surface area contributed by atoms with E-state index in [2.05, 4.69) is 5.32 Å². The Kier molecular flexibility index (Phi) is 4.72. The zero-order valence-electron chi connectivity index (χ0n) is 10.7. The fourth-order valence-corrected chi connectivity index (χ4v) is 2.55. The van der Waals surface area contributed by atoms with Crippen LogP contribution in [0.1, 0.15) is 32.6 Å². The number of benzene rings is 1. The number of rotatable bonds is 4. The Morgan fingerprint density at radius 3 is 2.67 bits per heavy atom. The Morgan fingerprint density at radius 1 is 1.33 bits per heavy atom. The van der Waals surface area contributed by atoms with E-state index < -0.39 is 0 Å². The van der Waals surface area contributed by atoms with Crippen molar-refractivity contribution in [2.45, 2.75) is 44.8 Å². The summed E-state index contributed by atoms with van der Waals surface area (Å²) in [6, 6.07) is 6.22. The highest BCUT2D eigenvalue weighted by Crippen LogP contribution is 2.29. The van der Waals surface area contributed by atoms with Crippen molar-refractivity contribution in [3.8, 4) is 5.75 Å². The van der Waals surface area contributed by atoms with E-state index in [1.54, 1.807) is 0 Å².